The average Bonchev–Trinajstić information content (AvgIpc) is 2.15. The van der Waals surface area contributed by atoms with Gasteiger partial charge in [0.1, 0.15) is 5.82 Å². The van der Waals surface area contributed by atoms with Gasteiger partial charge in [-0.1, -0.05) is 24.6 Å². The van der Waals surface area contributed by atoms with Crippen molar-refractivity contribution in [3.05, 3.63) is 34.6 Å². The topological polar surface area (TPSA) is 32.3 Å². The first-order valence-electron chi connectivity index (χ1n) is 4.48. The fourth-order valence-corrected chi connectivity index (χ4v) is 1.46. The Kier molecular flexibility index (Phi) is 4.32. The summed E-state index contributed by atoms with van der Waals surface area (Å²) in [4.78, 5) is 0. The number of benzene rings is 1. The molecule has 4 heteroatoms. The summed E-state index contributed by atoms with van der Waals surface area (Å²) in [7, 11) is 0. The van der Waals surface area contributed by atoms with Crippen molar-refractivity contribution < 1.29 is 9.50 Å². The number of nitrogens with one attached hydrogen (secondary N) is 1. The molecule has 0 aliphatic carbocycles. The van der Waals surface area contributed by atoms with E-state index in [9.17, 15) is 4.39 Å². The Morgan fingerprint density at radius 3 is 2.79 bits per heavy atom. The fourth-order valence-electron chi connectivity index (χ4n) is 1.30. The van der Waals surface area contributed by atoms with Gasteiger partial charge in [0.15, 0.2) is 0 Å². The maximum atomic E-state index is 13.4. The number of halogens is 2. The maximum absolute atomic E-state index is 13.4. The summed E-state index contributed by atoms with van der Waals surface area (Å²) < 4.78 is 13.4. The Balaban J connectivity index is 2.92. The van der Waals surface area contributed by atoms with E-state index < -0.39 is 5.82 Å². The Morgan fingerprint density at radius 1 is 1.57 bits per heavy atom. The molecule has 0 radical (unpaired) electrons. The molecule has 0 aromatic heterocycles. The molecule has 78 valence electrons. The molecular formula is C10H13ClFNO. The lowest BCUT2D eigenvalue weighted by Gasteiger charge is -2.16. The summed E-state index contributed by atoms with van der Waals surface area (Å²) in [6, 6.07) is 4.08. The fraction of sp³-hybridized carbons (Fsp3) is 0.400. The maximum Gasteiger partial charge on any atom is 0.129 e. The highest BCUT2D eigenvalue weighted by molar-refractivity contribution is 6.30. The summed E-state index contributed by atoms with van der Waals surface area (Å²) >= 11 is 5.62. The monoisotopic (exact) mass is 217 g/mol. The molecule has 2 nitrogen and oxygen atoms in total. The van der Waals surface area contributed by atoms with Gasteiger partial charge in [0.25, 0.3) is 0 Å². The van der Waals surface area contributed by atoms with E-state index in [0.29, 0.717) is 17.1 Å². The highest BCUT2D eigenvalue weighted by atomic mass is 35.5. The highest BCUT2D eigenvalue weighted by Gasteiger charge is 2.13. The molecule has 0 aliphatic rings. The SMILES string of the molecule is CCNC(CO)c1ccc(Cl)cc1F. The highest BCUT2D eigenvalue weighted by Crippen LogP contribution is 2.20. The van der Waals surface area contributed by atoms with E-state index in [-0.39, 0.29) is 12.6 Å². The van der Waals surface area contributed by atoms with Crippen molar-refractivity contribution in [1.29, 1.82) is 0 Å². The van der Waals surface area contributed by atoms with Crippen LogP contribution in [0, 0.1) is 5.82 Å². The van der Waals surface area contributed by atoms with Gasteiger partial charge in [-0.25, -0.2) is 4.39 Å². The molecule has 0 fully saturated rings. The third-order valence-corrected chi connectivity index (χ3v) is 2.21. The Morgan fingerprint density at radius 2 is 2.29 bits per heavy atom. The summed E-state index contributed by atoms with van der Waals surface area (Å²) in [6.07, 6.45) is 0. The minimum atomic E-state index is -0.391. The molecule has 0 bridgehead atoms. The first kappa shape index (κ1) is 11.4. The van der Waals surface area contributed by atoms with Crippen LogP contribution in [0.3, 0.4) is 0 Å². The van der Waals surface area contributed by atoms with Crippen molar-refractivity contribution in [3.8, 4) is 0 Å². The minimum absolute atomic E-state index is 0.133. The Bertz CT molecular complexity index is 306. The quantitative estimate of drug-likeness (QED) is 0.810. The van der Waals surface area contributed by atoms with Crippen LogP contribution in [-0.2, 0) is 0 Å². The van der Waals surface area contributed by atoms with Crippen molar-refractivity contribution in [1.82, 2.24) is 5.32 Å². The first-order chi connectivity index (χ1) is 6.69. The van der Waals surface area contributed by atoms with Crippen molar-refractivity contribution in [2.24, 2.45) is 0 Å². The normalized spacial score (nSPS) is 12.9. The zero-order chi connectivity index (χ0) is 10.6. The van der Waals surface area contributed by atoms with Gasteiger partial charge in [-0.05, 0) is 18.7 Å². The van der Waals surface area contributed by atoms with Crippen LogP contribution in [0.15, 0.2) is 18.2 Å². The van der Waals surface area contributed by atoms with E-state index in [1.807, 2.05) is 6.92 Å². The van der Waals surface area contributed by atoms with E-state index in [2.05, 4.69) is 5.32 Å². The van der Waals surface area contributed by atoms with Gasteiger partial charge >= 0.3 is 0 Å². The summed E-state index contributed by atoms with van der Waals surface area (Å²) in [6.45, 7) is 2.44. The molecule has 1 atom stereocenters. The first-order valence-corrected chi connectivity index (χ1v) is 4.86. The molecule has 0 heterocycles. The number of hydrogen-bond acceptors (Lipinski definition) is 2. The second kappa shape index (κ2) is 5.29. The lowest BCUT2D eigenvalue weighted by atomic mass is 10.1. The van der Waals surface area contributed by atoms with Crippen LogP contribution in [0.2, 0.25) is 5.02 Å². The van der Waals surface area contributed by atoms with Crippen LogP contribution in [0.25, 0.3) is 0 Å². The van der Waals surface area contributed by atoms with Crippen LogP contribution < -0.4 is 5.32 Å². The third kappa shape index (κ3) is 2.67. The van der Waals surface area contributed by atoms with Crippen molar-refractivity contribution in [3.63, 3.8) is 0 Å². The largest absolute Gasteiger partial charge is 0.394 e. The van der Waals surface area contributed by atoms with Crippen LogP contribution in [0.1, 0.15) is 18.5 Å². The van der Waals surface area contributed by atoms with Gasteiger partial charge in [-0.3, -0.25) is 0 Å². The molecule has 2 N–H and O–H groups in total. The lowest BCUT2D eigenvalue weighted by Crippen LogP contribution is -2.24. The molecule has 1 aromatic carbocycles. The zero-order valence-electron chi connectivity index (χ0n) is 7.93. The zero-order valence-corrected chi connectivity index (χ0v) is 8.68. The predicted molar refractivity (Wildman–Crippen MR) is 54.9 cm³/mol. The van der Waals surface area contributed by atoms with Crippen LogP contribution in [-0.4, -0.2) is 18.3 Å². The lowest BCUT2D eigenvalue weighted by molar-refractivity contribution is 0.243. The van der Waals surface area contributed by atoms with Crippen molar-refractivity contribution in [2.45, 2.75) is 13.0 Å². The van der Waals surface area contributed by atoms with Crippen molar-refractivity contribution >= 4 is 11.6 Å². The molecule has 14 heavy (non-hydrogen) atoms. The van der Waals surface area contributed by atoms with Crippen molar-refractivity contribution in [2.75, 3.05) is 13.2 Å². The Hall–Kier alpha value is -0.640. The number of aliphatic hydroxyl groups excluding tert-OH is 1. The molecule has 0 saturated carbocycles. The van der Waals surface area contributed by atoms with Crippen LogP contribution in [0.5, 0.6) is 0 Å². The number of likely N-dealkylation sites (N-methyl/N-ethyl adjacent to an activating group) is 1. The van der Waals surface area contributed by atoms with E-state index in [1.165, 1.54) is 6.07 Å². The summed E-state index contributed by atoms with van der Waals surface area (Å²) in [5, 5.41) is 12.4. The molecule has 1 unspecified atom stereocenters. The molecule has 0 amide bonds. The number of aliphatic hydroxyl groups is 1. The number of hydrogen-bond donors (Lipinski definition) is 2. The predicted octanol–water partition coefficient (Wildman–Crippen LogP) is 2.12. The standard InChI is InChI=1S/C10H13ClFNO/c1-2-13-10(6-14)8-4-3-7(11)5-9(8)12/h3-5,10,13-14H,2,6H2,1H3. The van der Waals surface area contributed by atoms with E-state index in [4.69, 9.17) is 16.7 Å². The molecular weight excluding hydrogens is 205 g/mol. The van der Waals surface area contributed by atoms with Crippen LogP contribution in [0.4, 0.5) is 4.39 Å². The van der Waals surface area contributed by atoms with Gasteiger partial charge < -0.3 is 10.4 Å². The second-order valence-electron chi connectivity index (χ2n) is 2.96. The minimum Gasteiger partial charge on any atom is -0.394 e. The number of rotatable bonds is 4. The Labute approximate surface area is 87.7 Å². The van der Waals surface area contributed by atoms with Gasteiger partial charge in [-0.15, -0.1) is 0 Å². The van der Waals surface area contributed by atoms with E-state index >= 15 is 0 Å². The molecule has 0 aliphatic heterocycles. The van der Waals surface area contributed by atoms with Gasteiger partial charge in [0.05, 0.1) is 12.6 Å². The smallest absolute Gasteiger partial charge is 0.129 e. The molecule has 1 aromatic rings. The van der Waals surface area contributed by atoms with Crippen LogP contribution >= 0.6 is 11.6 Å². The van der Waals surface area contributed by atoms with Gasteiger partial charge in [0, 0.05) is 10.6 Å². The third-order valence-electron chi connectivity index (χ3n) is 1.97. The summed E-state index contributed by atoms with van der Waals surface area (Å²) in [5.74, 6) is -0.391. The summed E-state index contributed by atoms with van der Waals surface area (Å²) in [5.41, 5.74) is 0.443. The average molecular weight is 218 g/mol. The van der Waals surface area contributed by atoms with E-state index in [1.54, 1.807) is 12.1 Å². The molecule has 0 spiro atoms. The molecule has 0 saturated heterocycles. The van der Waals surface area contributed by atoms with Gasteiger partial charge in [0.2, 0.25) is 0 Å². The van der Waals surface area contributed by atoms with Gasteiger partial charge in [-0.2, -0.15) is 0 Å². The molecule has 1 rings (SSSR count). The van der Waals surface area contributed by atoms with E-state index in [0.717, 1.165) is 0 Å². The second-order valence-corrected chi connectivity index (χ2v) is 3.40.